The van der Waals surface area contributed by atoms with E-state index in [1.54, 1.807) is 16.6 Å². The van der Waals surface area contributed by atoms with Crippen LogP contribution in [0.1, 0.15) is 26.0 Å². The van der Waals surface area contributed by atoms with E-state index < -0.39 is 10.0 Å². The first-order valence-electron chi connectivity index (χ1n) is 6.38. The van der Waals surface area contributed by atoms with Crippen LogP contribution in [-0.4, -0.2) is 30.4 Å². The molecule has 0 radical (unpaired) electrons. The minimum atomic E-state index is -3.34. The normalized spacial score (nSPS) is 21.6. The molecule has 1 aliphatic heterocycles. The summed E-state index contributed by atoms with van der Waals surface area (Å²) in [7, 11) is -3.34. The number of hydrogen-bond donors (Lipinski definition) is 1. The smallest absolute Gasteiger partial charge is 0.244 e. The first kappa shape index (κ1) is 13.6. The van der Waals surface area contributed by atoms with Crippen molar-refractivity contribution in [1.29, 1.82) is 0 Å². The van der Waals surface area contributed by atoms with E-state index in [1.165, 1.54) is 0 Å². The summed E-state index contributed by atoms with van der Waals surface area (Å²) in [4.78, 5) is 0.374. The summed E-state index contributed by atoms with van der Waals surface area (Å²) in [6, 6.07) is 1.70. The summed E-state index contributed by atoms with van der Waals surface area (Å²) >= 11 is 0. The molecule has 2 N–H and O–H groups in total. The number of nitrogens with two attached hydrogens (primary N) is 1. The SMILES string of the molecule is CCn1cc(S(=O)(=O)N2CCC(C)C2)cc1CN. The molecule has 1 aromatic rings. The lowest BCUT2D eigenvalue weighted by Gasteiger charge is -2.14. The van der Waals surface area contributed by atoms with E-state index in [0.29, 0.717) is 30.4 Å². The van der Waals surface area contributed by atoms with Crippen molar-refractivity contribution in [2.24, 2.45) is 11.7 Å². The third-order valence-corrected chi connectivity index (χ3v) is 5.37. The zero-order chi connectivity index (χ0) is 13.3. The molecule has 0 aromatic carbocycles. The molecule has 6 heteroatoms. The van der Waals surface area contributed by atoms with Crippen molar-refractivity contribution in [2.45, 2.75) is 38.3 Å². The van der Waals surface area contributed by atoms with Crippen LogP contribution in [0.15, 0.2) is 17.2 Å². The average Bonchev–Trinajstić information content (AvgIpc) is 2.94. The molecule has 5 nitrogen and oxygen atoms in total. The fourth-order valence-corrected chi connectivity index (χ4v) is 4.03. The Labute approximate surface area is 109 Å². The lowest BCUT2D eigenvalue weighted by atomic mass is 10.2. The van der Waals surface area contributed by atoms with E-state index >= 15 is 0 Å². The zero-order valence-electron chi connectivity index (χ0n) is 11.0. The van der Waals surface area contributed by atoms with Crippen LogP contribution in [0.3, 0.4) is 0 Å². The summed E-state index contributed by atoms with van der Waals surface area (Å²) in [5.74, 6) is 0.446. The van der Waals surface area contributed by atoms with Crippen molar-refractivity contribution in [3.05, 3.63) is 18.0 Å². The van der Waals surface area contributed by atoms with Gasteiger partial charge in [-0.05, 0) is 25.3 Å². The molecule has 1 atom stereocenters. The molecule has 1 aromatic heterocycles. The highest BCUT2D eigenvalue weighted by molar-refractivity contribution is 7.89. The topological polar surface area (TPSA) is 68.3 Å². The predicted molar refractivity (Wildman–Crippen MR) is 70.5 cm³/mol. The maximum absolute atomic E-state index is 12.4. The van der Waals surface area contributed by atoms with Gasteiger partial charge in [0.2, 0.25) is 10.0 Å². The minimum absolute atomic E-state index is 0.361. The minimum Gasteiger partial charge on any atom is -0.349 e. The molecule has 2 rings (SSSR count). The number of aryl methyl sites for hydroxylation is 1. The van der Waals surface area contributed by atoms with Gasteiger partial charge in [0, 0.05) is 38.1 Å². The van der Waals surface area contributed by atoms with Crippen molar-refractivity contribution in [1.82, 2.24) is 8.87 Å². The molecule has 0 amide bonds. The number of hydrogen-bond acceptors (Lipinski definition) is 3. The monoisotopic (exact) mass is 271 g/mol. The standard InChI is InChI=1S/C12H21N3O2S/c1-3-14-9-12(6-11(14)7-13)18(16,17)15-5-4-10(2)8-15/h6,9-10H,3-5,7-8,13H2,1-2H3. The van der Waals surface area contributed by atoms with Gasteiger partial charge in [-0.1, -0.05) is 6.92 Å². The van der Waals surface area contributed by atoms with E-state index in [0.717, 1.165) is 18.7 Å². The third kappa shape index (κ3) is 2.32. The Kier molecular flexibility index (Phi) is 3.79. The molecule has 1 unspecified atom stereocenters. The van der Waals surface area contributed by atoms with Crippen molar-refractivity contribution < 1.29 is 8.42 Å². The van der Waals surface area contributed by atoms with Crippen LogP contribution in [0.2, 0.25) is 0 Å². The number of sulfonamides is 1. The van der Waals surface area contributed by atoms with Crippen molar-refractivity contribution in [3.8, 4) is 0 Å². The second kappa shape index (κ2) is 5.03. The summed E-state index contributed by atoms with van der Waals surface area (Å²) < 4.78 is 28.4. The number of nitrogens with zero attached hydrogens (tertiary/aromatic N) is 2. The molecule has 1 saturated heterocycles. The van der Waals surface area contributed by atoms with Gasteiger partial charge in [0.1, 0.15) is 4.90 Å². The lowest BCUT2D eigenvalue weighted by molar-refractivity contribution is 0.464. The first-order chi connectivity index (χ1) is 8.48. The van der Waals surface area contributed by atoms with E-state index in [2.05, 4.69) is 6.92 Å². The molecule has 0 aliphatic carbocycles. The Morgan fingerprint density at radius 2 is 2.22 bits per heavy atom. The second-order valence-electron chi connectivity index (χ2n) is 4.91. The Morgan fingerprint density at radius 3 is 2.67 bits per heavy atom. The molecule has 18 heavy (non-hydrogen) atoms. The average molecular weight is 271 g/mol. The van der Waals surface area contributed by atoms with Gasteiger partial charge in [-0.2, -0.15) is 4.31 Å². The van der Waals surface area contributed by atoms with Gasteiger partial charge >= 0.3 is 0 Å². The van der Waals surface area contributed by atoms with E-state index in [9.17, 15) is 8.42 Å². The Morgan fingerprint density at radius 1 is 1.50 bits per heavy atom. The van der Waals surface area contributed by atoms with E-state index in [-0.39, 0.29) is 0 Å². The Hall–Kier alpha value is -0.850. The summed E-state index contributed by atoms with van der Waals surface area (Å²) in [6.45, 7) is 6.40. The van der Waals surface area contributed by atoms with Crippen molar-refractivity contribution in [3.63, 3.8) is 0 Å². The largest absolute Gasteiger partial charge is 0.349 e. The van der Waals surface area contributed by atoms with Gasteiger partial charge < -0.3 is 10.3 Å². The van der Waals surface area contributed by atoms with Crippen LogP contribution in [0.25, 0.3) is 0 Å². The zero-order valence-corrected chi connectivity index (χ0v) is 11.8. The van der Waals surface area contributed by atoms with Gasteiger partial charge in [0.05, 0.1) is 0 Å². The van der Waals surface area contributed by atoms with Crippen LogP contribution >= 0.6 is 0 Å². The third-order valence-electron chi connectivity index (χ3n) is 3.54. The van der Waals surface area contributed by atoms with Gasteiger partial charge in [-0.3, -0.25) is 0 Å². The predicted octanol–water partition coefficient (Wildman–Crippen LogP) is 0.997. The summed E-state index contributed by atoms with van der Waals surface area (Å²) in [5.41, 5.74) is 6.49. The molecule has 0 spiro atoms. The van der Waals surface area contributed by atoms with Crippen LogP contribution < -0.4 is 5.73 Å². The molecule has 102 valence electrons. The number of rotatable bonds is 4. The van der Waals surface area contributed by atoms with Gasteiger partial charge in [0.15, 0.2) is 0 Å². The summed E-state index contributed by atoms with van der Waals surface area (Å²) in [5, 5.41) is 0. The van der Waals surface area contributed by atoms with Crippen LogP contribution in [-0.2, 0) is 23.1 Å². The molecule has 1 fully saturated rings. The molecule has 0 bridgehead atoms. The highest BCUT2D eigenvalue weighted by atomic mass is 32.2. The second-order valence-corrected chi connectivity index (χ2v) is 6.85. The number of aromatic nitrogens is 1. The molecule has 0 saturated carbocycles. The van der Waals surface area contributed by atoms with Crippen LogP contribution in [0.4, 0.5) is 0 Å². The van der Waals surface area contributed by atoms with Crippen molar-refractivity contribution >= 4 is 10.0 Å². The Bertz CT molecular complexity index is 500. The van der Waals surface area contributed by atoms with Crippen LogP contribution in [0.5, 0.6) is 0 Å². The lowest BCUT2D eigenvalue weighted by Crippen LogP contribution is -2.28. The van der Waals surface area contributed by atoms with Gasteiger partial charge in [-0.15, -0.1) is 0 Å². The fraction of sp³-hybridized carbons (Fsp3) is 0.667. The van der Waals surface area contributed by atoms with E-state index in [4.69, 9.17) is 5.73 Å². The fourth-order valence-electron chi connectivity index (χ4n) is 2.39. The highest BCUT2D eigenvalue weighted by Crippen LogP contribution is 2.25. The maximum Gasteiger partial charge on any atom is 0.244 e. The quantitative estimate of drug-likeness (QED) is 0.888. The van der Waals surface area contributed by atoms with E-state index in [1.807, 2.05) is 11.5 Å². The molecular weight excluding hydrogens is 250 g/mol. The molecule has 2 heterocycles. The van der Waals surface area contributed by atoms with Gasteiger partial charge in [-0.25, -0.2) is 8.42 Å². The Balaban J connectivity index is 2.32. The first-order valence-corrected chi connectivity index (χ1v) is 7.82. The van der Waals surface area contributed by atoms with Gasteiger partial charge in [0.25, 0.3) is 0 Å². The summed E-state index contributed by atoms with van der Waals surface area (Å²) in [6.07, 6.45) is 2.64. The highest BCUT2D eigenvalue weighted by Gasteiger charge is 2.31. The van der Waals surface area contributed by atoms with Crippen molar-refractivity contribution in [2.75, 3.05) is 13.1 Å². The maximum atomic E-state index is 12.4. The molecular formula is C12H21N3O2S. The van der Waals surface area contributed by atoms with Crippen LogP contribution in [0, 0.1) is 5.92 Å². The molecule has 1 aliphatic rings.